The number of hydrogen-bond donors (Lipinski definition) is 0. The van der Waals surface area contributed by atoms with Crippen LogP contribution in [0.1, 0.15) is 63.7 Å². The molecule has 4 rings (SSSR count). The van der Waals surface area contributed by atoms with Crippen LogP contribution in [0.4, 0.5) is 10.3 Å². The molecule has 0 N–H and O–H groups in total. The van der Waals surface area contributed by atoms with Gasteiger partial charge < -0.3 is 14.4 Å². The summed E-state index contributed by atoms with van der Waals surface area (Å²) in [7, 11) is -1.73. The van der Waals surface area contributed by atoms with Crippen molar-refractivity contribution in [3.63, 3.8) is 0 Å². The van der Waals surface area contributed by atoms with E-state index in [1.54, 1.807) is 7.11 Å². The summed E-state index contributed by atoms with van der Waals surface area (Å²) in [5.41, 5.74) is 1.37. The lowest BCUT2D eigenvalue weighted by Gasteiger charge is -2.21. The predicted molar refractivity (Wildman–Crippen MR) is 139 cm³/mol. The molecule has 1 aliphatic carbocycles. The summed E-state index contributed by atoms with van der Waals surface area (Å²) in [6.45, 7) is 8.67. The van der Waals surface area contributed by atoms with Crippen LogP contribution < -0.4 is 4.90 Å². The average molecular weight is 522 g/mol. The first kappa shape index (κ1) is 28.5. The molecule has 1 saturated carbocycles. The highest BCUT2D eigenvalue weighted by Gasteiger charge is 2.43. The predicted octanol–water partition coefficient (Wildman–Crippen LogP) is 5.21. The van der Waals surface area contributed by atoms with Crippen molar-refractivity contribution in [1.82, 2.24) is 9.97 Å². The Morgan fingerprint density at radius 3 is 2.53 bits per heavy atom. The third-order valence-corrected chi connectivity index (χ3v) is 8.27. The molecule has 9 heteroatoms. The van der Waals surface area contributed by atoms with Crippen molar-refractivity contribution in [3.05, 3.63) is 47.5 Å². The average Bonchev–Trinajstić information content (AvgIpc) is 3.68. The molecule has 7 nitrogen and oxygen atoms in total. The first-order valence-electron chi connectivity index (χ1n) is 12.9. The van der Waals surface area contributed by atoms with E-state index >= 15 is 0 Å². The van der Waals surface area contributed by atoms with Crippen LogP contribution in [0.3, 0.4) is 0 Å². The Labute approximate surface area is 215 Å². The van der Waals surface area contributed by atoms with Gasteiger partial charge in [-0.05, 0) is 62.5 Å². The zero-order valence-corrected chi connectivity index (χ0v) is 22.9. The van der Waals surface area contributed by atoms with E-state index in [0.29, 0.717) is 29.9 Å². The van der Waals surface area contributed by atoms with Gasteiger partial charge in [-0.15, -0.1) is 0 Å². The Balaban J connectivity index is 0.00000176. The second-order valence-corrected chi connectivity index (χ2v) is 11.6. The van der Waals surface area contributed by atoms with Crippen molar-refractivity contribution in [3.8, 4) is 0 Å². The van der Waals surface area contributed by atoms with Crippen molar-refractivity contribution in [2.45, 2.75) is 64.1 Å². The lowest BCUT2D eigenvalue weighted by molar-refractivity contribution is 0.102. The van der Waals surface area contributed by atoms with Crippen LogP contribution in [0.5, 0.6) is 0 Å². The molecule has 2 fully saturated rings. The summed E-state index contributed by atoms with van der Waals surface area (Å²) in [5, 5.41) is 0. The minimum Gasteiger partial charge on any atom is -0.377 e. The summed E-state index contributed by atoms with van der Waals surface area (Å²) in [5.74, 6) is 2.08. The SMILES string of the molecule is CC.COC(C)c1cnc(N2CCCC(C3CC3COCc3ccc(S(C)(=O)=O)cc3F)CC2)nc1. The molecule has 4 atom stereocenters. The topological polar surface area (TPSA) is 81.6 Å². The maximum Gasteiger partial charge on any atom is 0.225 e. The van der Waals surface area contributed by atoms with Crippen LogP contribution >= 0.6 is 0 Å². The Morgan fingerprint density at radius 1 is 1.17 bits per heavy atom. The van der Waals surface area contributed by atoms with Crippen molar-refractivity contribution < 1.29 is 22.3 Å². The molecule has 0 amide bonds. The molecule has 36 heavy (non-hydrogen) atoms. The molecule has 1 aromatic heterocycles. The van der Waals surface area contributed by atoms with Crippen LogP contribution in [0.15, 0.2) is 35.5 Å². The number of sulfone groups is 1. The van der Waals surface area contributed by atoms with Crippen molar-refractivity contribution >= 4 is 15.8 Å². The summed E-state index contributed by atoms with van der Waals surface area (Å²) in [6.07, 6.45) is 9.34. The van der Waals surface area contributed by atoms with Gasteiger partial charge in [0, 0.05) is 50.0 Å². The van der Waals surface area contributed by atoms with Gasteiger partial charge in [0.05, 0.1) is 24.2 Å². The second kappa shape index (κ2) is 12.9. The van der Waals surface area contributed by atoms with Gasteiger partial charge in [-0.1, -0.05) is 19.9 Å². The molecule has 1 aliphatic heterocycles. The molecule has 2 aliphatic rings. The molecule has 0 spiro atoms. The number of ether oxygens (including phenoxy) is 2. The summed E-state index contributed by atoms with van der Waals surface area (Å²) < 4.78 is 48.5. The summed E-state index contributed by atoms with van der Waals surface area (Å²) >= 11 is 0. The highest BCUT2D eigenvalue weighted by molar-refractivity contribution is 7.90. The smallest absolute Gasteiger partial charge is 0.225 e. The number of benzene rings is 1. The maximum atomic E-state index is 14.2. The fourth-order valence-corrected chi connectivity index (χ4v) is 5.46. The van der Waals surface area contributed by atoms with E-state index in [9.17, 15) is 12.8 Å². The van der Waals surface area contributed by atoms with Gasteiger partial charge in [-0.25, -0.2) is 22.8 Å². The molecule has 1 aromatic carbocycles. The fraction of sp³-hybridized carbons (Fsp3) is 0.630. The van der Waals surface area contributed by atoms with Gasteiger partial charge in [0.2, 0.25) is 5.95 Å². The van der Waals surface area contributed by atoms with Crippen molar-refractivity contribution in [2.24, 2.45) is 17.8 Å². The Bertz CT molecular complexity index is 1080. The standard InChI is InChI=1S/C25H34FN3O4S.C2H6/c1-17(32-2)21-13-27-25(28-14-21)29-9-4-5-18(8-10-29)23-11-20(23)16-33-15-19-6-7-22(12-24(19)26)34(3,30)31;1-2/h6-7,12-14,17-18,20,23H,4-5,8-11,15-16H2,1-3H3;1-2H3. The third-order valence-electron chi connectivity index (χ3n) is 7.16. The summed E-state index contributed by atoms with van der Waals surface area (Å²) in [4.78, 5) is 11.4. The second-order valence-electron chi connectivity index (χ2n) is 9.57. The Kier molecular flexibility index (Phi) is 10.2. The minimum atomic E-state index is -3.41. The lowest BCUT2D eigenvalue weighted by atomic mass is 9.94. The van der Waals surface area contributed by atoms with Gasteiger partial charge >= 0.3 is 0 Å². The van der Waals surface area contributed by atoms with Crippen molar-refractivity contribution in [1.29, 1.82) is 0 Å². The number of hydrogen-bond acceptors (Lipinski definition) is 7. The van der Waals surface area contributed by atoms with E-state index < -0.39 is 15.7 Å². The van der Waals surface area contributed by atoms with E-state index in [1.165, 1.54) is 18.6 Å². The first-order chi connectivity index (χ1) is 17.3. The maximum absolute atomic E-state index is 14.2. The number of halogens is 1. The molecule has 2 heterocycles. The highest BCUT2D eigenvalue weighted by Crippen LogP contribution is 2.48. The minimum absolute atomic E-state index is 0.00991. The molecule has 200 valence electrons. The van der Waals surface area contributed by atoms with Gasteiger partial charge in [0.15, 0.2) is 9.84 Å². The van der Waals surface area contributed by atoms with Gasteiger partial charge in [0.1, 0.15) is 5.82 Å². The quantitative estimate of drug-likeness (QED) is 0.448. The monoisotopic (exact) mass is 521 g/mol. The normalized spacial score (nSPS) is 22.8. The zero-order chi connectivity index (χ0) is 26.3. The molecule has 0 radical (unpaired) electrons. The number of methoxy groups -OCH3 is 1. The number of rotatable bonds is 9. The molecule has 4 unspecified atom stereocenters. The van der Waals surface area contributed by atoms with Crippen LogP contribution in [-0.4, -0.2) is 51.4 Å². The van der Waals surface area contributed by atoms with Crippen LogP contribution in [0, 0.1) is 23.6 Å². The number of nitrogens with zero attached hydrogens (tertiary/aromatic N) is 3. The van der Waals surface area contributed by atoms with Gasteiger partial charge in [-0.2, -0.15) is 0 Å². The highest BCUT2D eigenvalue weighted by atomic mass is 32.2. The van der Waals surface area contributed by atoms with Crippen LogP contribution in [-0.2, 0) is 25.9 Å². The lowest BCUT2D eigenvalue weighted by Crippen LogP contribution is -2.26. The number of anilines is 1. The Morgan fingerprint density at radius 2 is 1.89 bits per heavy atom. The van der Waals surface area contributed by atoms with Crippen LogP contribution in [0.2, 0.25) is 0 Å². The molecular formula is C27H40FN3O4S. The van der Waals surface area contributed by atoms with E-state index in [4.69, 9.17) is 9.47 Å². The van der Waals surface area contributed by atoms with E-state index in [1.807, 2.05) is 33.2 Å². The van der Waals surface area contributed by atoms with E-state index in [-0.39, 0.29) is 17.6 Å². The molecule has 1 saturated heterocycles. The fourth-order valence-electron chi connectivity index (χ4n) is 4.83. The van der Waals surface area contributed by atoms with Gasteiger partial charge in [-0.3, -0.25) is 0 Å². The molecule has 0 bridgehead atoms. The zero-order valence-electron chi connectivity index (χ0n) is 22.1. The van der Waals surface area contributed by atoms with Crippen LogP contribution in [0.25, 0.3) is 0 Å². The van der Waals surface area contributed by atoms with Gasteiger partial charge in [0.25, 0.3) is 0 Å². The summed E-state index contributed by atoms with van der Waals surface area (Å²) in [6, 6.07) is 4.00. The van der Waals surface area contributed by atoms with E-state index in [2.05, 4.69) is 14.9 Å². The van der Waals surface area contributed by atoms with E-state index in [0.717, 1.165) is 56.2 Å². The largest absolute Gasteiger partial charge is 0.377 e. The Hall–Kier alpha value is -2.10. The third kappa shape index (κ3) is 7.46. The number of aromatic nitrogens is 2. The first-order valence-corrected chi connectivity index (χ1v) is 14.8. The molecule has 2 aromatic rings. The van der Waals surface area contributed by atoms with Crippen molar-refractivity contribution in [2.75, 3.05) is 38.0 Å². The molecular weight excluding hydrogens is 481 g/mol.